The van der Waals surface area contributed by atoms with E-state index in [-0.39, 0.29) is 19.1 Å². The van der Waals surface area contributed by atoms with Crippen LogP contribution in [-0.2, 0) is 18.4 Å². The van der Waals surface area contributed by atoms with Gasteiger partial charge in [-0.1, -0.05) is 231 Å². The number of unbranched alkanes of at least 4 members (excludes halogenated alkanes) is 34. The van der Waals surface area contributed by atoms with Gasteiger partial charge in [0.25, 0.3) is 7.82 Å². The number of carbonyl (C=O) groups excluding carboxylic acids is 1. The van der Waals surface area contributed by atoms with Crippen molar-refractivity contribution in [1.29, 1.82) is 0 Å². The molecular formula is C53H105N2O6P. The molecule has 0 aromatic carbocycles. The molecule has 8 nitrogen and oxygen atoms in total. The molecule has 3 unspecified atom stereocenters. The normalized spacial score (nSPS) is 14.2. The maximum atomic E-state index is 12.9. The Labute approximate surface area is 385 Å². The van der Waals surface area contributed by atoms with E-state index in [1.165, 1.54) is 186 Å². The summed E-state index contributed by atoms with van der Waals surface area (Å²) in [6.45, 7) is 4.66. The van der Waals surface area contributed by atoms with Gasteiger partial charge in [-0.2, -0.15) is 0 Å². The minimum atomic E-state index is -4.59. The number of quaternary nitrogens is 1. The van der Waals surface area contributed by atoms with E-state index in [1.54, 1.807) is 6.08 Å². The van der Waals surface area contributed by atoms with Crippen LogP contribution in [0.4, 0.5) is 0 Å². The van der Waals surface area contributed by atoms with Crippen LogP contribution in [0.25, 0.3) is 0 Å². The summed E-state index contributed by atoms with van der Waals surface area (Å²) < 4.78 is 23.3. The minimum Gasteiger partial charge on any atom is -0.756 e. The van der Waals surface area contributed by atoms with Crippen LogP contribution in [0.1, 0.15) is 258 Å². The Bertz CT molecular complexity index is 1060. The van der Waals surface area contributed by atoms with E-state index in [4.69, 9.17) is 9.05 Å². The van der Waals surface area contributed by atoms with E-state index in [0.29, 0.717) is 17.4 Å². The summed E-state index contributed by atoms with van der Waals surface area (Å²) >= 11 is 0. The van der Waals surface area contributed by atoms with Gasteiger partial charge < -0.3 is 28.8 Å². The number of aliphatic hydroxyl groups is 1. The number of likely N-dealkylation sites (N-methyl/N-ethyl adjacent to an activating group) is 1. The number of aliphatic hydroxyl groups excluding tert-OH is 1. The molecule has 0 aliphatic carbocycles. The smallest absolute Gasteiger partial charge is 0.268 e. The third-order valence-corrected chi connectivity index (χ3v) is 13.1. The molecule has 0 bridgehead atoms. The van der Waals surface area contributed by atoms with Crippen LogP contribution >= 0.6 is 7.82 Å². The largest absolute Gasteiger partial charge is 0.756 e. The number of nitrogens with one attached hydrogen (secondary N) is 1. The van der Waals surface area contributed by atoms with Crippen molar-refractivity contribution in [2.24, 2.45) is 0 Å². The lowest BCUT2D eigenvalue weighted by atomic mass is 10.0. The van der Waals surface area contributed by atoms with Gasteiger partial charge in [-0.3, -0.25) is 9.36 Å². The molecule has 0 spiro atoms. The van der Waals surface area contributed by atoms with E-state index in [9.17, 15) is 19.4 Å². The lowest BCUT2D eigenvalue weighted by molar-refractivity contribution is -0.870. The van der Waals surface area contributed by atoms with Crippen molar-refractivity contribution >= 4 is 13.7 Å². The summed E-state index contributed by atoms with van der Waals surface area (Å²) in [6, 6.07) is -0.888. The highest BCUT2D eigenvalue weighted by molar-refractivity contribution is 7.45. The molecule has 0 radical (unpaired) electrons. The summed E-state index contributed by atoms with van der Waals surface area (Å²) in [5, 5.41) is 13.8. The Morgan fingerprint density at radius 3 is 1.26 bits per heavy atom. The molecule has 3 atom stereocenters. The summed E-state index contributed by atoms with van der Waals surface area (Å²) in [4.78, 5) is 25.4. The molecule has 0 saturated carbocycles. The average Bonchev–Trinajstić information content (AvgIpc) is 3.23. The second kappa shape index (κ2) is 45.1. The predicted molar refractivity (Wildman–Crippen MR) is 265 cm³/mol. The van der Waals surface area contributed by atoms with E-state index in [1.807, 2.05) is 27.2 Å². The fourth-order valence-corrected chi connectivity index (χ4v) is 8.64. The van der Waals surface area contributed by atoms with E-state index in [2.05, 4.69) is 31.3 Å². The van der Waals surface area contributed by atoms with Crippen LogP contribution in [-0.4, -0.2) is 68.5 Å². The summed E-state index contributed by atoms with van der Waals surface area (Å²) in [6.07, 6.45) is 55.3. The highest BCUT2D eigenvalue weighted by Crippen LogP contribution is 2.38. The number of carbonyl (C=O) groups is 1. The third-order valence-electron chi connectivity index (χ3n) is 12.2. The lowest BCUT2D eigenvalue weighted by Crippen LogP contribution is -2.45. The molecule has 9 heteroatoms. The van der Waals surface area contributed by atoms with Gasteiger partial charge in [0.05, 0.1) is 39.9 Å². The first-order chi connectivity index (χ1) is 30.0. The predicted octanol–water partition coefficient (Wildman–Crippen LogP) is 15.0. The van der Waals surface area contributed by atoms with Crippen LogP contribution in [0, 0.1) is 0 Å². The Kier molecular flexibility index (Phi) is 44.4. The topological polar surface area (TPSA) is 108 Å². The number of amides is 1. The molecule has 368 valence electrons. The first-order valence-corrected chi connectivity index (χ1v) is 28.2. The molecule has 0 aromatic rings. The molecule has 62 heavy (non-hydrogen) atoms. The van der Waals surface area contributed by atoms with Crippen molar-refractivity contribution in [2.45, 2.75) is 270 Å². The van der Waals surface area contributed by atoms with Crippen LogP contribution in [0.3, 0.4) is 0 Å². The maximum Gasteiger partial charge on any atom is 0.268 e. The Morgan fingerprint density at radius 2 is 0.887 bits per heavy atom. The van der Waals surface area contributed by atoms with Crippen molar-refractivity contribution < 1.29 is 32.9 Å². The highest BCUT2D eigenvalue weighted by atomic mass is 31.2. The number of hydrogen-bond donors (Lipinski definition) is 2. The van der Waals surface area contributed by atoms with Gasteiger partial charge in [0.2, 0.25) is 5.91 Å². The molecule has 1 amide bonds. The molecule has 0 fully saturated rings. The minimum absolute atomic E-state index is 0.00123. The van der Waals surface area contributed by atoms with E-state index < -0.39 is 20.0 Å². The van der Waals surface area contributed by atoms with Crippen molar-refractivity contribution in [3.8, 4) is 0 Å². The molecular weight excluding hydrogens is 792 g/mol. The SMILES string of the molecule is CCCCCCC/C=C\CCCCCCCC(=O)NC(COP(=O)([O-])OCC[N+](C)(C)C)C(O)/C=C/CCCCCCCCCCCCCCCCCCCCCCCCCC. The molecule has 2 N–H and O–H groups in total. The van der Waals surface area contributed by atoms with Crippen LogP contribution in [0.2, 0.25) is 0 Å². The quantitative estimate of drug-likeness (QED) is 0.0273. The van der Waals surface area contributed by atoms with Crippen molar-refractivity contribution in [3.63, 3.8) is 0 Å². The summed E-state index contributed by atoms with van der Waals surface area (Å²) in [7, 11) is 1.26. The van der Waals surface area contributed by atoms with Gasteiger partial charge in [0.1, 0.15) is 13.2 Å². The summed E-state index contributed by atoms with van der Waals surface area (Å²) in [5.74, 6) is -0.204. The first-order valence-electron chi connectivity index (χ1n) is 26.7. The molecule has 0 saturated heterocycles. The Hall–Kier alpha value is -1.02. The van der Waals surface area contributed by atoms with Crippen molar-refractivity contribution in [2.75, 3.05) is 40.9 Å². The zero-order valence-electron chi connectivity index (χ0n) is 41.8. The number of nitrogens with zero attached hydrogens (tertiary/aromatic N) is 1. The van der Waals surface area contributed by atoms with Crippen LogP contribution in [0.5, 0.6) is 0 Å². The van der Waals surface area contributed by atoms with Gasteiger partial charge in [-0.25, -0.2) is 0 Å². The molecule has 0 aliphatic rings. The monoisotopic (exact) mass is 897 g/mol. The molecule has 0 rings (SSSR count). The first kappa shape index (κ1) is 61.0. The Balaban J connectivity index is 4.20. The fraction of sp³-hybridized carbons (Fsp3) is 0.906. The van der Waals surface area contributed by atoms with Crippen LogP contribution < -0.4 is 10.2 Å². The zero-order chi connectivity index (χ0) is 45.7. The maximum absolute atomic E-state index is 12.9. The number of allylic oxidation sites excluding steroid dienone is 3. The second-order valence-electron chi connectivity index (χ2n) is 19.6. The Morgan fingerprint density at radius 1 is 0.548 bits per heavy atom. The molecule has 0 aliphatic heterocycles. The van der Waals surface area contributed by atoms with E-state index in [0.717, 1.165) is 51.4 Å². The lowest BCUT2D eigenvalue weighted by Gasteiger charge is -2.29. The molecule has 0 heterocycles. The highest BCUT2D eigenvalue weighted by Gasteiger charge is 2.23. The summed E-state index contributed by atoms with van der Waals surface area (Å²) in [5.41, 5.74) is 0. The van der Waals surface area contributed by atoms with Gasteiger partial charge in [-0.05, 0) is 44.9 Å². The van der Waals surface area contributed by atoms with Gasteiger partial charge in [0, 0.05) is 6.42 Å². The number of rotatable bonds is 49. The van der Waals surface area contributed by atoms with Gasteiger partial charge in [-0.15, -0.1) is 0 Å². The number of phosphoric acid groups is 1. The number of hydrogen-bond acceptors (Lipinski definition) is 6. The van der Waals surface area contributed by atoms with E-state index >= 15 is 0 Å². The van der Waals surface area contributed by atoms with Gasteiger partial charge in [0.15, 0.2) is 0 Å². The van der Waals surface area contributed by atoms with Gasteiger partial charge >= 0.3 is 0 Å². The zero-order valence-corrected chi connectivity index (χ0v) is 42.7. The van der Waals surface area contributed by atoms with Crippen LogP contribution in [0.15, 0.2) is 24.3 Å². The van der Waals surface area contributed by atoms with Crippen molar-refractivity contribution in [1.82, 2.24) is 5.32 Å². The second-order valence-corrected chi connectivity index (χ2v) is 21.0. The standard InChI is InChI=1S/C53H105N2O6P/c1-6-8-10-12-14-16-18-20-22-23-24-25-26-27-28-29-30-31-32-33-34-36-38-40-42-44-46-52(56)51(50-61-62(58,59)60-49-48-55(3,4)5)54-53(57)47-45-43-41-39-37-35-21-19-17-15-13-11-9-7-2/h19,21,44,46,51-52,56H,6-18,20,22-43,45,47-50H2,1-5H3,(H-,54,57,58,59)/b21-19-,46-44+. The fourth-order valence-electron chi connectivity index (χ4n) is 7.91. The third kappa shape index (κ3) is 47.0. The average molecular weight is 897 g/mol. The van der Waals surface area contributed by atoms with Crippen molar-refractivity contribution in [3.05, 3.63) is 24.3 Å². The number of phosphoric ester groups is 1. The molecule has 0 aromatic heterocycles.